The molecule has 0 radical (unpaired) electrons. The molecule has 1 unspecified atom stereocenters. The number of rotatable bonds is 9. The number of pyridine rings is 1. The van der Waals surface area contributed by atoms with Crippen LogP contribution in [0.3, 0.4) is 0 Å². The van der Waals surface area contributed by atoms with Crippen molar-refractivity contribution >= 4 is 0 Å². The average molecular weight is 270 g/mol. The molecular weight excluding hydrogens is 247 g/mol. The molecule has 0 spiro atoms. The SMILES string of the molecule is CCCNCc1ccnc(OC(C)COCC)c1F. The van der Waals surface area contributed by atoms with E-state index in [0.29, 0.717) is 25.3 Å². The molecule has 0 aromatic carbocycles. The molecule has 5 heteroatoms. The van der Waals surface area contributed by atoms with Gasteiger partial charge in [-0.25, -0.2) is 9.37 Å². The van der Waals surface area contributed by atoms with E-state index in [9.17, 15) is 4.39 Å². The van der Waals surface area contributed by atoms with Crippen molar-refractivity contribution in [1.29, 1.82) is 0 Å². The fourth-order valence-electron chi connectivity index (χ4n) is 1.59. The van der Waals surface area contributed by atoms with Crippen LogP contribution in [0.2, 0.25) is 0 Å². The second kappa shape index (κ2) is 8.82. The third kappa shape index (κ3) is 5.53. The fraction of sp³-hybridized carbons (Fsp3) is 0.643. The maximum absolute atomic E-state index is 14.1. The molecule has 4 nitrogen and oxygen atoms in total. The van der Waals surface area contributed by atoms with E-state index in [1.54, 1.807) is 12.3 Å². The van der Waals surface area contributed by atoms with Gasteiger partial charge in [-0.3, -0.25) is 0 Å². The monoisotopic (exact) mass is 270 g/mol. The van der Waals surface area contributed by atoms with Crippen molar-refractivity contribution in [1.82, 2.24) is 10.3 Å². The van der Waals surface area contributed by atoms with Crippen molar-refractivity contribution in [3.63, 3.8) is 0 Å². The second-order valence-corrected chi connectivity index (χ2v) is 4.35. The molecule has 108 valence electrons. The number of hydrogen-bond donors (Lipinski definition) is 1. The van der Waals surface area contributed by atoms with Gasteiger partial charge < -0.3 is 14.8 Å². The molecule has 1 aromatic heterocycles. The van der Waals surface area contributed by atoms with Crippen molar-refractivity contribution in [2.45, 2.75) is 39.8 Å². The number of aromatic nitrogens is 1. The zero-order valence-corrected chi connectivity index (χ0v) is 11.9. The molecule has 0 bridgehead atoms. The first kappa shape index (κ1) is 15.9. The first-order chi connectivity index (χ1) is 9.19. The topological polar surface area (TPSA) is 43.4 Å². The molecule has 0 aliphatic rings. The van der Waals surface area contributed by atoms with E-state index < -0.39 is 5.82 Å². The predicted octanol–water partition coefficient (Wildman–Crippen LogP) is 2.52. The van der Waals surface area contributed by atoms with Crippen molar-refractivity contribution in [2.75, 3.05) is 19.8 Å². The van der Waals surface area contributed by atoms with E-state index in [-0.39, 0.29) is 12.0 Å². The third-order valence-electron chi connectivity index (χ3n) is 2.55. The minimum absolute atomic E-state index is 0.0444. The van der Waals surface area contributed by atoms with E-state index in [0.717, 1.165) is 13.0 Å². The second-order valence-electron chi connectivity index (χ2n) is 4.35. The third-order valence-corrected chi connectivity index (χ3v) is 2.55. The van der Waals surface area contributed by atoms with Crippen LogP contribution in [0.15, 0.2) is 12.3 Å². The first-order valence-corrected chi connectivity index (χ1v) is 6.77. The Balaban J connectivity index is 2.60. The smallest absolute Gasteiger partial charge is 0.251 e. The summed E-state index contributed by atoms with van der Waals surface area (Å²) in [7, 11) is 0. The highest BCUT2D eigenvalue weighted by atomic mass is 19.1. The van der Waals surface area contributed by atoms with E-state index in [1.807, 2.05) is 13.8 Å². The van der Waals surface area contributed by atoms with Gasteiger partial charge in [0.15, 0.2) is 5.82 Å². The van der Waals surface area contributed by atoms with Crippen LogP contribution in [0, 0.1) is 5.82 Å². The van der Waals surface area contributed by atoms with Crippen molar-refractivity contribution in [2.24, 2.45) is 0 Å². The normalized spacial score (nSPS) is 12.4. The van der Waals surface area contributed by atoms with Crippen LogP contribution in [0.25, 0.3) is 0 Å². The van der Waals surface area contributed by atoms with Crippen molar-refractivity contribution in [3.8, 4) is 5.88 Å². The van der Waals surface area contributed by atoms with Gasteiger partial charge in [0.25, 0.3) is 5.88 Å². The van der Waals surface area contributed by atoms with Gasteiger partial charge in [-0.1, -0.05) is 6.92 Å². The molecule has 0 amide bonds. The predicted molar refractivity (Wildman–Crippen MR) is 72.8 cm³/mol. The maximum atomic E-state index is 14.1. The number of ether oxygens (including phenoxy) is 2. The molecule has 0 fully saturated rings. The summed E-state index contributed by atoms with van der Waals surface area (Å²) >= 11 is 0. The Morgan fingerprint density at radius 2 is 2.21 bits per heavy atom. The molecule has 1 heterocycles. The largest absolute Gasteiger partial charge is 0.470 e. The van der Waals surface area contributed by atoms with Gasteiger partial charge in [-0.2, -0.15) is 0 Å². The van der Waals surface area contributed by atoms with E-state index in [2.05, 4.69) is 17.2 Å². The Hall–Kier alpha value is -1.20. The Labute approximate surface area is 114 Å². The molecule has 0 aliphatic heterocycles. The van der Waals surface area contributed by atoms with Gasteiger partial charge in [-0.05, 0) is 32.9 Å². The van der Waals surface area contributed by atoms with Gasteiger partial charge in [0, 0.05) is 24.9 Å². The van der Waals surface area contributed by atoms with E-state index in [4.69, 9.17) is 9.47 Å². The molecule has 0 aliphatic carbocycles. The zero-order valence-electron chi connectivity index (χ0n) is 11.9. The molecule has 1 aromatic rings. The standard InChI is InChI=1S/C14H23FN2O2/c1-4-7-16-9-12-6-8-17-14(13(12)15)19-11(3)10-18-5-2/h6,8,11,16H,4-5,7,9-10H2,1-3H3. The summed E-state index contributed by atoms with van der Waals surface area (Å²) in [6, 6.07) is 1.66. The van der Waals surface area contributed by atoms with Gasteiger partial charge in [0.2, 0.25) is 0 Å². The van der Waals surface area contributed by atoms with Gasteiger partial charge in [-0.15, -0.1) is 0 Å². The highest BCUT2D eigenvalue weighted by Crippen LogP contribution is 2.18. The summed E-state index contributed by atoms with van der Waals surface area (Å²) in [5.41, 5.74) is 0.571. The average Bonchev–Trinajstić information content (AvgIpc) is 2.41. The summed E-state index contributed by atoms with van der Waals surface area (Å²) in [6.07, 6.45) is 2.36. The molecule has 1 atom stereocenters. The molecule has 1 N–H and O–H groups in total. The zero-order chi connectivity index (χ0) is 14.1. The Kier molecular flexibility index (Phi) is 7.36. The summed E-state index contributed by atoms with van der Waals surface area (Å²) in [4.78, 5) is 3.93. The lowest BCUT2D eigenvalue weighted by Gasteiger charge is -2.15. The highest BCUT2D eigenvalue weighted by molar-refractivity contribution is 5.23. The first-order valence-electron chi connectivity index (χ1n) is 6.77. The van der Waals surface area contributed by atoms with Crippen LogP contribution in [0.4, 0.5) is 4.39 Å². The van der Waals surface area contributed by atoms with Gasteiger partial charge in [0.05, 0.1) is 6.61 Å². The van der Waals surface area contributed by atoms with Crippen LogP contribution < -0.4 is 10.1 Å². The van der Waals surface area contributed by atoms with Gasteiger partial charge >= 0.3 is 0 Å². The van der Waals surface area contributed by atoms with Crippen molar-refractivity contribution < 1.29 is 13.9 Å². The van der Waals surface area contributed by atoms with Crippen LogP contribution in [-0.2, 0) is 11.3 Å². The van der Waals surface area contributed by atoms with Crippen LogP contribution >= 0.6 is 0 Å². The lowest BCUT2D eigenvalue weighted by atomic mass is 10.2. The molecule has 0 saturated heterocycles. The number of halogens is 1. The molecule has 0 saturated carbocycles. The minimum Gasteiger partial charge on any atom is -0.470 e. The number of hydrogen-bond acceptors (Lipinski definition) is 4. The summed E-state index contributed by atoms with van der Waals surface area (Å²) in [5, 5.41) is 3.16. The summed E-state index contributed by atoms with van der Waals surface area (Å²) in [6.45, 7) is 8.20. The molecular formula is C14H23FN2O2. The van der Waals surface area contributed by atoms with Crippen LogP contribution in [0.1, 0.15) is 32.8 Å². The summed E-state index contributed by atoms with van der Waals surface area (Å²) in [5.74, 6) is -0.350. The quantitative estimate of drug-likeness (QED) is 0.700. The van der Waals surface area contributed by atoms with Crippen LogP contribution in [0.5, 0.6) is 5.88 Å². The summed E-state index contributed by atoms with van der Waals surface area (Å²) < 4.78 is 24.8. The van der Waals surface area contributed by atoms with Gasteiger partial charge in [0.1, 0.15) is 6.10 Å². The minimum atomic E-state index is -0.394. The highest BCUT2D eigenvalue weighted by Gasteiger charge is 2.13. The van der Waals surface area contributed by atoms with E-state index in [1.165, 1.54) is 0 Å². The van der Waals surface area contributed by atoms with E-state index >= 15 is 0 Å². The number of nitrogens with one attached hydrogen (secondary N) is 1. The molecule has 1 rings (SSSR count). The fourth-order valence-corrected chi connectivity index (χ4v) is 1.59. The lowest BCUT2D eigenvalue weighted by Crippen LogP contribution is -2.21. The van der Waals surface area contributed by atoms with Crippen LogP contribution in [-0.4, -0.2) is 30.8 Å². The Morgan fingerprint density at radius 1 is 1.42 bits per heavy atom. The Morgan fingerprint density at radius 3 is 2.89 bits per heavy atom. The molecule has 19 heavy (non-hydrogen) atoms. The van der Waals surface area contributed by atoms with Crippen molar-refractivity contribution in [3.05, 3.63) is 23.6 Å². The lowest BCUT2D eigenvalue weighted by molar-refractivity contribution is 0.0609. The number of nitrogens with zero attached hydrogens (tertiary/aromatic N) is 1. The maximum Gasteiger partial charge on any atom is 0.251 e. The Bertz CT molecular complexity index is 374.